The molecule has 1 aromatic heterocycles. The van der Waals surface area contributed by atoms with Gasteiger partial charge in [0, 0.05) is 12.1 Å². The molecule has 3 rings (SSSR count). The van der Waals surface area contributed by atoms with Crippen molar-refractivity contribution in [1.29, 1.82) is 0 Å². The molecule has 1 aliphatic heterocycles. The Balaban J connectivity index is 2.04. The van der Waals surface area contributed by atoms with Crippen molar-refractivity contribution >= 4 is 12.2 Å². The molecule has 1 aliphatic rings. The van der Waals surface area contributed by atoms with Gasteiger partial charge in [-0.15, -0.1) is 0 Å². The van der Waals surface area contributed by atoms with Gasteiger partial charge in [-0.25, -0.2) is 0 Å². The third kappa shape index (κ3) is 2.23. The van der Waals surface area contributed by atoms with Crippen LogP contribution < -0.4 is 9.47 Å². The van der Waals surface area contributed by atoms with Gasteiger partial charge in [-0.1, -0.05) is 6.92 Å². The Morgan fingerprint density at radius 2 is 2.11 bits per heavy atom. The van der Waals surface area contributed by atoms with E-state index in [0.29, 0.717) is 18.0 Å². The van der Waals surface area contributed by atoms with Crippen LogP contribution in [-0.4, -0.2) is 28.0 Å². The largest absolute Gasteiger partial charge is 0.486 e. The molecule has 2 aromatic rings. The SMILES string of the molecule is CCCn1c(-c2ccc3c(c2)OCCO3)n[nH]c1=S. The summed E-state index contributed by atoms with van der Waals surface area (Å²) in [6.07, 6.45) is 1.01. The number of benzene rings is 1. The van der Waals surface area contributed by atoms with E-state index in [0.717, 1.165) is 35.9 Å². The first-order valence-electron chi connectivity index (χ1n) is 6.35. The molecule has 19 heavy (non-hydrogen) atoms. The first-order chi connectivity index (χ1) is 9.29. The Kier molecular flexibility index (Phi) is 3.25. The molecular formula is C13H15N3O2S. The fraction of sp³-hybridized carbons (Fsp3) is 0.385. The lowest BCUT2D eigenvalue weighted by molar-refractivity contribution is 0.171. The molecule has 6 heteroatoms. The summed E-state index contributed by atoms with van der Waals surface area (Å²) in [5.41, 5.74) is 0.977. The Morgan fingerprint density at radius 1 is 1.32 bits per heavy atom. The van der Waals surface area contributed by atoms with Crippen molar-refractivity contribution < 1.29 is 9.47 Å². The molecule has 100 valence electrons. The van der Waals surface area contributed by atoms with Gasteiger partial charge in [-0.05, 0) is 36.8 Å². The Labute approximate surface area is 116 Å². The van der Waals surface area contributed by atoms with Crippen LogP contribution in [-0.2, 0) is 6.54 Å². The maximum Gasteiger partial charge on any atom is 0.195 e. The van der Waals surface area contributed by atoms with Crippen LogP contribution in [0.4, 0.5) is 0 Å². The zero-order chi connectivity index (χ0) is 13.2. The monoisotopic (exact) mass is 277 g/mol. The van der Waals surface area contributed by atoms with Crippen molar-refractivity contribution in [3.63, 3.8) is 0 Å². The summed E-state index contributed by atoms with van der Waals surface area (Å²) in [6, 6.07) is 5.84. The maximum absolute atomic E-state index is 5.59. The number of rotatable bonds is 3. The first-order valence-corrected chi connectivity index (χ1v) is 6.75. The van der Waals surface area contributed by atoms with Crippen molar-refractivity contribution in [3.8, 4) is 22.9 Å². The number of H-pyrrole nitrogens is 1. The van der Waals surface area contributed by atoms with Crippen LogP contribution in [0.25, 0.3) is 11.4 Å². The Bertz CT molecular complexity index is 648. The topological polar surface area (TPSA) is 52.1 Å². The second kappa shape index (κ2) is 5.05. The van der Waals surface area contributed by atoms with E-state index in [9.17, 15) is 0 Å². The van der Waals surface area contributed by atoms with Gasteiger partial charge < -0.3 is 14.0 Å². The Morgan fingerprint density at radius 3 is 2.89 bits per heavy atom. The van der Waals surface area contributed by atoms with E-state index < -0.39 is 0 Å². The summed E-state index contributed by atoms with van der Waals surface area (Å²) in [5.74, 6) is 2.38. The van der Waals surface area contributed by atoms with Crippen molar-refractivity contribution in [2.24, 2.45) is 0 Å². The van der Waals surface area contributed by atoms with Gasteiger partial charge in [0.1, 0.15) is 13.2 Å². The van der Waals surface area contributed by atoms with Crippen molar-refractivity contribution in [3.05, 3.63) is 23.0 Å². The van der Waals surface area contributed by atoms with Crippen LogP contribution in [0.5, 0.6) is 11.5 Å². The molecule has 0 spiro atoms. The molecule has 0 saturated heterocycles. The van der Waals surface area contributed by atoms with Gasteiger partial charge in [0.25, 0.3) is 0 Å². The predicted molar refractivity (Wildman–Crippen MR) is 74.1 cm³/mol. The van der Waals surface area contributed by atoms with Crippen LogP contribution in [0.2, 0.25) is 0 Å². The maximum atomic E-state index is 5.59. The highest BCUT2D eigenvalue weighted by molar-refractivity contribution is 7.71. The molecular weight excluding hydrogens is 262 g/mol. The number of nitrogens with one attached hydrogen (secondary N) is 1. The quantitative estimate of drug-likeness (QED) is 0.877. The fourth-order valence-electron chi connectivity index (χ4n) is 2.15. The van der Waals surface area contributed by atoms with E-state index in [-0.39, 0.29) is 0 Å². The lowest BCUT2D eigenvalue weighted by Crippen LogP contribution is -2.15. The molecule has 0 radical (unpaired) electrons. The lowest BCUT2D eigenvalue weighted by atomic mass is 10.2. The average Bonchev–Trinajstić information content (AvgIpc) is 2.80. The minimum absolute atomic E-state index is 0.582. The highest BCUT2D eigenvalue weighted by atomic mass is 32.1. The van der Waals surface area contributed by atoms with Crippen LogP contribution in [0.3, 0.4) is 0 Å². The van der Waals surface area contributed by atoms with Crippen LogP contribution >= 0.6 is 12.2 Å². The molecule has 0 saturated carbocycles. The summed E-state index contributed by atoms with van der Waals surface area (Å²) in [4.78, 5) is 0. The molecule has 2 heterocycles. The summed E-state index contributed by atoms with van der Waals surface area (Å²) in [7, 11) is 0. The highest BCUT2D eigenvalue weighted by Crippen LogP contribution is 2.33. The Hall–Kier alpha value is -1.82. The average molecular weight is 277 g/mol. The zero-order valence-corrected chi connectivity index (χ0v) is 11.5. The minimum atomic E-state index is 0.582. The summed E-state index contributed by atoms with van der Waals surface area (Å²) >= 11 is 5.25. The molecule has 0 aliphatic carbocycles. The molecule has 0 fully saturated rings. The molecule has 0 amide bonds. The van der Waals surface area contributed by atoms with Crippen LogP contribution in [0.1, 0.15) is 13.3 Å². The standard InChI is InChI=1S/C13H15N3O2S/c1-2-5-16-12(14-15-13(16)19)9-3-4-10-11(8-9)18-7-6-17-10/h3-4,8H,2,5-7H2,1H3,(H,15,19). The number of nitrogens with zero attached hydrogens (tertiary/aromatic N) is 2. The minimum Gasteiger partial charge on any atom is -0.486 e. The van der Waals surface area contributed by atoms with Gasteiger partial charge >= 0.3 is 0 Å². The van der Waals surface area contributed by atoms with Crippen LogP contribution in [0.15, 0.2) is 18.2 Å². The summed E-state index contributed by atoms with van der Waals surface area (Å²) in [5, 5.41) is 7.15. The number of fused-ring (bicyclic) bond motifs is 1. The van der Waals surface area contributed by atoms with Gasteiger partial charge in [0.2, 0.25) is 0 Å². The third-order valence-corrected chi connectivity index (χ3v) is 3.32. The van der Waals surface area contributed by atoms with Gasteiger partial charge in [-0.2, -0.15) is 5.10 Å². The zero-order valence-electron chi connectivity index (χ0n) is 10.7. The molecule has 0 bridgehead atoms. The van der Waals surface area contributed by atoms with E-state index in [4.69, 9.17) is 21.7 Å². The van der Waals surface area contributed by atoms with E-state index >= 15 is 0 Å². The predicted octanol–water partition coefficient (Wildman–Crippen LogP) is 2.79. The van der Waals surface area contributed by atoms with Crippen LogP contribution in [0, 0.1) is 4.77 Å². The lowest BCUT2D eigenvalue weighted by Gasteiger charge is -2.18. The highest BCUT2D eigenvalue weighted by Gasteiger charge is 2.15. The molecule has 1 aromatic carbocycles. The number of aromatic amines is 1. The number of hydrogen-bond acceptors (Lipinski definition) is 4. The third-order valence-electron chi connectivity index (χ3n) is 3.01. The van der Waals surface area contributed by atoms with Crippen molar-refractivity contribution in [2.75, 3.05) is 13.2 Å². The van der Waals surface area contributed by atoms with Crippen molar-refractivity contribution in [2.45, 2.75) is 19.9 Å². The van der Waals surface area contributed by atoms with E-state index in [1.54, 1.807) is 0 Å². The second-order valence-corrected chi connectivity index (χ2v) is 4.75. The number of hydrogen-bond donors (Lipinski definition) is 1. The van der Waals surface area contributed by atoms with Gasteiger partial charge in [0.15, 0.2) is 22.1 Å². The number of aromatic nitrogens is 3. The smallest absolute Gasteiger partial charge is 0.195 e. The molecule has 1 N–H and O–H groups in total. The number of ether oxygens (including phenoxy) is 2. The summed E-state index contributed by atoms with van der Waals surface area (Å²) < 4.78 is 13.8. The summed E-state index contributed by atoms with van der Waals surface area (Å²) in [6.45, 7) is 4.14. The molecule has 0 unspecified atom stereocenters. The van der Waals surface area contributed by atoms with Crippen molar-refractivity contribution in [1.82, 2.24) is 14.8 Å². The van der Waals surface area contributed by atoms with E-state index in [2.05, 4.69) is 17.1 Å². The first kappa shape index (κ1) is 12.2. The van der Waals surface area contributed by atoms with Gasteiger partial charge in [0.05, 0.1) is 0 Å². The second-order valence-electron chi connectivity index (χ2n) is 4.36. The molecule has 0 atom stereocenters. The van der Waals surface area contributed by atoms with E-state index in [1.165, 1.54) is 0 Å². The fourth-order valence-corrected chi connectivity index (χ4v) is 2.37. The normalized spacial score (nSPS) is 13.5. The van der Waals surface area contributed by atoms with Gasteiger partial charge in [-0.3, -0.25) is 5.10 Å². The van der Waals surface area contributed by atoms with E-state index in [1.807, 2.05) is 22.8 Å². The molecule has 5 nitrogen and oxygen atoms in total.